The van der Waals surface area contributed by atoms with E-state index in [4.69, 9.17) is 9.47 Å². The van der Waals surface area contributed by atoms with Crippen molar-refractivity contribution in [3.8, 4) is 0 Å². The Labute approximate surface area is 146 Å². The van der Waals surface area contributed by atoms with Gasteiger partial charge < -0.3 is 19.5 Å². The van der Waals surface area contributed by atoms with Crippen LogP contribution in [-0.4, -0.2) is 56.1 Å². The van der Waals surface area contributed by atoms with Crippen molar-refractivity contribution in [1.82, 2.24) is 5.32 Å². The van der Waals surface area contributed by atoms with Gasteiger partial charge in [0.15, 0.2) is 0 Å². The van der Waals surface area contributed by atoms with Crippen LogP contribution < -0.4 is 5.32 Å². The van der Waals surface area contributed by atoms with Crippen LogP contribution in [0.15, 0.2) is 0 Å². The van der Waals surface area contributed by atoms with E-state index >= 15 is 0 Å². The van der Waals surface area contributed by atoms with Gasteiger partial charge in [0, 0.05) is 13.0 Å². The number of methoxy groups -OCH3 is 1. The maximum Gasteiger partial charge on any atom is 0.471 e. The Morgan fingerprint density at radius 1 is 0.920 bits per heavy atom. The molecular formula is C16H28F3NO5. The molecule has 0 aromatic rings. The third-order valence-electron chi connectivity index (χ3n) is 3.49. The molecule has 0 atom stereocenters. The first kappa shape index (κ1) is 23.6. The third kappa shape index (κ3) is 11.8. The number of carbonyl (C=O) groups excluding carboxylic acids is 2. The lowest BCUT2D eigenvalue weighted by Gasteiger charge is -2.29. The molecule has 0 unspecified atom stereocenters. The number of halogens is 3. The molecule has 0 heterocycles. The van der Waals surface area contributed by atoms with Gasteiger partial charge in [0.25, 0.3) is 0 Å². The first-order valence-electron chi connectivity index (χ1n) is 7.99. The van der Waals surface area contributed by atoms with Crippen LogP contribution in [0.2, 0.25) is 0 Å². The SMILES string of the molecule is COC(=O)CCC(C)(C)OCCC(C)(C)OCCNC(=O)C(F)(F)F. The Hall–Kier alpha value is -1.35. The minimum Gasteiger partial charge on any atom is -0.469 e. The molecule has 0 aromatic heterocycles. The molecule has 148 valence electrons. The summed E-state index contributed by atoms with van der Waals surface area (Å²) in [4.78, 5) is 21.8. The molecule has 0 fully saturated rings. The van der Waals surface area contributed by atoms with Crippen molar-refractivity contribution in [3.05, 3.63) is 0 Å². The molecule has 0 aliphatic rings. The highest BCUT2D eigenvalue weighted by atomic mass is 19.4. The summed E-state index contributed by atoms with van der Waals surface area (Å²) in [5, 5.41) is 1.74. The minimum absolute atomic E-state index is 0.0411. The zero-order valence-corrected chi connectivity index (χ0v) is 15.4. The zero-order valence-electron chi connectivity index (χ0n) is 15.4. The Morgan fingerprint density at radius 2 is 1.44 bits per heavy atom. The highest BCUT2D eigenvalue weighted by Crippen LogP contribution is 2.21. The molecular weight excluding hydrogens is 343 g/mol. The number of hydrogen-bond donors (Lipinski definition) is 1. The summed E-state index contributed by atoms with van der Waals surface area (Å²) >= 11 is 0. The van der Waals surface area contributed by atoms with Gasteiger partial charge in [0.05, 0.1) is 31.5 Å². The Bertz CT molecular complexity index is 436. The molecule has 6 nitrogen and oxygen atoms in total. The number of esters is 1. The fourth-order valence-corrected chi connectivity index (χ4v) is 1.81. The quantitative estimate of drug-likeness (QED) is 0.446. The average Bonchev–Trinajstić information content (AvgIpc) is 2.47. The van der Waals surface area contributed by atoms with E-state index in [0.717, 1.165) is 0 Å². The van der Waals surface area contributed by atoms with Crippen molar-refractivity contribution < 1.29 is 37.0 Å². The van der Waals surface area contributed by atoms with Gasteiger partial charge in [-0.2, -0.15) is 13.2 Å². The monoisotopic (exact) mass is 371 g/mol. The Morgan fingerprint density at radius 3 is 1.96 bits per heavy atom. The van der Waals surface area contributed by atoms with Crippen LogP contribution >= 0.6 is 0 Å². The smallest absolute Gasteiger partial charge is 0.469 e. The van der Waals surface area contributed by atoms with E-state index in [1.807, 2.05) is 13.8 Å². The minimum atomic E-state index is -4.89. The van der Waals surface area contributed by atoms with Crippen LogP contribution in [0.1, 0.15) is 47.0 Å². The first-order chi connectivity index (χ1) is 11.3. The van der Waals surface area contributed by atoms with Gasteiger partial charge >= 0.3 is 18.1 Å². The van der Waals surface area contributed by atoms with Crippen LogP contribution in [0.25, 0.3) is 0 Å². The molecule has 0 aromatic carbocycles. The molecule has 0 saturated carbocycles. The van der Waals surface area contributed by atoms with Crippen LogP contribution in [0.5, 0.6) is 0 Å². The number of alkyl halides is 3. The molecule has 0 bridgehead atoms. The molecule has 1 amide bonds. The second-order valence-corrected chi connectivity index (χ2v) is 6.80. The van der Waals surface area contributed by atoms with Crippen molar-refractivity contribution >= 4 is 11.9 Å². The lowest BCUT2D eigenvalue weighted by atomic mass is 10.0. The van der Waals surface area contributed by atoms with Crippen molar-refractivity contribution in [2.75, 3.05) is 26.9 Å². The van der Waals surface area contributed by atoms with Crippen LogP contribution in [0, 0.1) is 0 Å². The van der Waals surface area contributed by atoms with Gasteiger partial charge in [-0.3, -0.25) is 9.59 Å². The van der Waals surface area contributed by atoms with Crippen molar-refractivity contribution in [2.24, 2.45) is 0 Å². The zero-order chi connectivity index (χ0) is 19.7. The van der Waals surface area contributed by atoms with Crippen molar-refractivity contribution in [1.29, 1.82) is 0 Å². The summed E-state index contributed by atoms with van der Waals surface area (Å²) in [6, 6.07) is 0. The molecule has 0 radical (unpaired) electrons. The highest BCUT2D eigenvalue weighted by molar-refractivity contribution is 5.81. The largest absolute Gasteiger partial charge is 0.471 e. The second kappa shape index (κ2) is 9.96. The summed E-state index contributed by atoms with van der Waals surface area (Å²) in [6.45, 7) is 7.36. The number of hydrogen-bond acceptors (Lipinski definition) is 5. The predicted octanol–water partition coefficient (Wildman–Crippen LogP) is 2.60. The normalized spacial score (nSPS) is 12.8. The molecule has 0 saturated heterocycles. The summed E-state index contributed by atoms with van der Waals surface area (Å²) in [7, 11) is 1.33. The van der Waals surface area contributed by atoms with Gasteiger partial charge in [-0.1, -0.05) is 0 Å². The standard InChI is InChI=1S/C16H28F3NO5/c1-14(2,7-6-12(21)23-5)24-10-8-15(3,4)25-11-9-20-13(22)16(17,18)19/h6-11H2,1-5H3,(H,20,22). The molecule has 1 N–H and O–H groups in total. The van der Waals surface area contributed by atoms with E-state index in [1.54, 1.807) is 19.2 Å². The maximum absolute atomic E-state index is 12.0. The summed E-state index contributed by atoms with van der Waals surface area (Å²) in [5.41, 5.74) is -1.13. The summed E-state index contributed by atoms with van der Waals surface area (Å²) in [6.07, 6.45) is -3.63. The van der Waals surface area contributed by atoms with E-state index in [9.17, 15) is 22.8 Å². The summed E-state index contributed by atoms with van der Waals surface area (Å²) < 4.78 is 51.9. The van der Waals surface area contributed by atoms with Gasteiger partial charge in [0.1, 0.15) is 0 Å². The molecule has 25 heavy (non-hydrogen) atoms. The van der Waals surface area contributed by atoms with E-state index in [2.05, 4.69) is 4.74 Å². The number of amides is 1. The molecule has 0 aliphatic heterocycles. The van der Waals surface area contributed by atoms with Crippen molar-refractivity contribution in [3.63, 3.8) is 0 Å². The lowest BCUT2D eigenvalue weighted by molar-refractivity contribution is -0.174. The number of ether oxygens (including phenoxy) is 3. The predicted molar refractivity (Wildman–Crippen MR) is 85.0 cm³/mol. The fraction of sp³-hybridized carbons (Fsp3) is 0.875. The third-order valence-corrected chi connectivity index (χ3v) is 3.49. The lowest BCUT2D eigenvalue weighted by Crippen LogP contribution is -2.40. The van der Waals surface area contributed by atoms with Gasteiger partial charge in [-0.15, -0.1) is 0 Å². The number of carbonyl (C=O) groups is 2. The molecule has 0 spiro atoms. The second-order valence-electron chi connectivity index (χ2n) is 6.80. The number of nitrogens with one attached hydrogen (secondary N) is 1. The Balaban J connectivity index is 4.03. The molecule has 0 rings (SSSR count). The maximum atomic E-state index is 12.0. The number of rotatable bonds is 11. The molecule has 9 heteroatoms. The van der Waals surface area contributed by atoms with E-state index in [1.165, 1.54) is 7.11 Å². The topological polar surface area (TPSA) is 73.9 Å². The first-order valence-corrected chi connectivity index (χ1v) is 7.99. The fourth-order valence-electron chi connectivity index (χ4n) is 1.81. The van der Waals surface area contributed by atoms with E-state index < -0.39 is 23.3 Å². The molecule has 0 aliphatic carbocycles. The van der Waals surface area contributed by atoms with Gasteiger partial charge in [-0.05, 0) is 40.5 Å². The van der Waals surface area contributed by atoms with E-state index in [0.29, 0.717) is 19.4 Å². The highest BCUT2D eigenvalue weighted by Gasteiger charge is 2.38. The Kier molecular flexibility index (Phi) is 9.42. The van der Waals surface area contributed by atoms with Crippen LogP contribution in [-0.2, 0) is 23.8 Å². The van der Waals surface area contributed by atoms with Gasteiger partial charge in [0.2, 0.25) is 0 Å². The van der Waals surface area contributed by atoms with Crippen LogP contribution in [0.4, 0.5) is 13.2 Å². The van der Waals surface area contributed by atoms with Gasteiger partial charge in [-0.25, -0.2) is 0 Å². The van der Waals surface area contributed by atoms with Crippen molar-refractivity contribution in [2.45, 2.75) is 64.3 Å². The summed E-state index contributed by atoms with van der Waals surface area (Å²) in [5.74, 6) is -2.29. The average molecular weight is 371 g/mol. The van der Waals surface area contributed by atoms with E-state index in [-0.39, 0.29) is 25.5 Å². The van der Waals surface area contributed by atoms with Crippen LogP contribution in [0.3, 0.4) is 0 Å².